The maximum absolute atomic E-state index is 12.9. The monoisotopic (exact) mass is 414 g/mol. The van der Waals surface area contributed by atoms with Crippen LogP contribution in [-0.4, -0.2) is 29.7 Å². The van der Waals surface area contributed by atoms with E-state index < -0.39 is 0 Å². The number of aryl methyl sites for hydroxylation is 1. The van der Waals surface area contributed by atoms with Crippen LogP contribution >= 0.6 is 12.4 Å². The summed E-state index contributed by atoms with van der Waals surface area (Å²) < 4.78 is 0. The molecule has 1 fully saturated rings. The number of carbonyl (C=O) groups is 2. The second kappa shape index (κ2) is 9.93. The van der Waals surface area contributed by atoms with E-state index in [1.807, 2.05) is 36.1 Å². The molecule has 0 aromatic heterocycles. The Morgan fingerprint density at radius 2 is 1.69 bits per heavy atom. The number of nitrogen functional groups attached to an aromatic ring is 1. The first kappa shape index (κ1) is 23.0. The van der Waals surface area contributed by atoms with Gasteiger partial charge in [-0.1, -0.05) is 44.2 Å². The Hall–Kier alpha value is -2.33. The maximum atomic E-state index is 12.9. The molecule has 0 bridgehead atoms. The van der Waals surface area contributed by atoms with E-state index in [9.17, 15) is 9.59 Å². The van der Waals surface area contributed by atoms with E-state index in [1.54, 1.807) is 6.07 Å². The molecule has 4 nitrogen and oxygen atoms in total. The van der Waals surface area contributed by atoms with Gasteiger partial charge in [0.1, 0.15) is 0 Å². The minimum atomic E-state index is -0.0121. The van der Waals surface area contributed by atoms with Gasteiger partial charge in [-0.3, -0.25) is 9.59 Å². The summed E-state index contributed by atoms with van der Waals surface area (Å²) in [6.45, 7) is 7.52. The minimum Gasteiger partial charge on any atom is -0.399 e. The van der Waals surface area contributed by atoms with Gasteiger partial charge in [-0.05, 0) is 55.4 Å². The number of Topliss-reactive ketones (excluding diaryl/α,β-unsaturated/α-hetero) is 1. The number of ketones is 1. The number of likely N-dealkylation sites (tertiary alicyclic amines) is 1. The standard InChI is InChI=1S/C24H30N2O2.ClH/c1-16(2)14-18-5-7-19(8-6-18)23(27)20-10-12-26(13-11-20)24(28)22-15-21(25)9-4-17(22)3;/h4-9,15-16,20H,10-14,25H2,1-3H3;1H. The molecule has 0 unspecified atom stereocenters. The lowest BCUT2D eigenvalue weighted by Gasteiger charge is -2.32. The predicted octanol–water partition coefficient (Wildman–Crippen LogP) is 4.93. The normalized spacial score (nSPS) is 14.6. The highest BCUT2D eigenvalue weighted by Crippen LogP contribution is 2.24. The molecule has 2 N–H and O–H groups in total. The number of hydrogen-bond acceptors (Lipinski definition) is 3. The summed E-state index contributed by atoms with van der Waals surface area (Å²) in [5.74, 6) is 0.797. The number of hydrogen-bond donors (Lipinski definition) is 1. The van der Waals surface area contributed by atoms with Gasteiger partial charge in [-0.2, -0.15) is 0 Å². The third-order valence-corrected chi connectivity index (χ3v) is 5.53. The van der Waals surface area contributed by atoms with E-state index in [-0.39, 0.29) is 30.0 Å². The van der Waals surface area contributed by atoms with E-state index in [4.69, 9.17) is 5.73 Å². The number of nitrogens with zero attached hydrogens (tertiary/aromatic N) is 1. The van der Waals surface area contributed by atoms with Crippen molar-refractivity contribution in [1.82, 2.24) is 4.90 Å². The number of rotatable bonds is 5. The quantitative estimate of drug-likeness (QED) is 0.557. The smallest absolute Gasteiger partial charge is 0.254 e. The first-order valence-electron chi connectivity index (χ1n) is 10.1. The van der Waals surface area contributed by atoms with E-state index in [1.165, 1.54) is 5.56 Å². The first-order chi connectivity index (χ1) is 13.3. The van der Waals surface area contributed by atoms with Crippen molar-refractivity contribution < 1.29 is 9.59 Å². The van der Waals surface area contributed by atoms with Gasteiger partial charge in [-0.25, -0.2) is 0 Å². The van der Waals surface area contributed by atoms with Crippen molar-refractivity contribution in [2.75, 3.05) is 18.8 Å². The summed E-state index contributed by atoms with van der Waals surface area (Å²) in [4.78, 5) is 27.5. The summed E-state index contributed by atoms with van der Waals surface area (Å²) in [5.41, 5.74) is 10.1. The maximum Gasteiger partial charge on any atom is 0.254 e. The fourth-order valence-corrected chi connectivity index (χ4v) is 3.90. The van der Waals surface area contributed by atoms with E-state index in [0.29, 0.717) is 43.1 Å². The average molecular weight is 415 g/mol. The van der Waals surface area contributed by atoms with Crippen LogP contribution in [-0.2, 0) is 6.42 Å². The molecule has 1 heterocycles. The average Bonchev–Trinajstić information content (AvgIpc) is 2.69. The van der Waals surface area contributed by atoms with Crippen LogP contribution < -0.4 is 5.73 Å². The van der Waals surface area contributed by atoms with Crippen molar-refractivity contribution in [1.29, 1.82) is 0 Å². The van der Waals surface area contributed by atoms with Gasteiger partial charge >= 0.3 is 0 Å². The zero-order chi connectivity index (χ0) is 20.3. The summed E-state index contributed by atoms with van der Waals surface area (Å²) >= 11 is 0. The van der Waals surface area contributed by atoms with Crippen molar-refractivity contribution >= 4 is 29.8 Å². The molecule has 1 aliphatic rings. The number of anilines is 1. The largest absolute Gasteiger partial charge is 0.399 e. The van der Waals surface area contributed by atoms with Crippen molar-refractivity contribution in [3.63, 3.8) is 0 Å². The van der Waals surface area contributed by atoms with Crippen LogP contribution in [0.2, 0.25) is 0 Å². The molecule has 0 saturated carbocycles. The van der Waals surface area contributed by atoms with Crippen molar-refractivity contribution in [3.05, 3.63) is 64.7 Å². The third-order valence-electron chi connectivity index (χ3n) is 5.53. The second-order valence-electron chi connectivity index (χ2n) is 8.30. The Morgan fingerprint density at radius 3 is 2.28 bits per heavy atom. The Balaban J connectivity index is 0.00000300. The molecule has 2 aromatic rings. The molecule has 2 aromatic carbocycles. The minimum absolute atomic E-state index is 0. The molecular weight excluding hydrogens is 384 g/mol. The Morgan fingerprint density at radius 1 is 1.07 bits per heavy atom. The van der Waals surface area contributed by atoms with Crippen LogP contribution in [0.4, 0.5) is 5.69 Å². The highest BCUT2D eigenvalue weighted by molar-refractivity contribution is 5.99. The van der Waals surface area contributed by atoms with Crippen molar-refractivity contribution in [3.8, 4) is 0 Å². The lowest BCUT2D eigenvalue weighted by Crippen LogP contribution is -2.40. The van der Waals surface area contributed by atoms with Crippen LogP contribution in [0.25, 0.3) is 0 Å². The predicted molar refractivity (Wildman–Crippen MR) is 121 cm³/mol. The molecule has 0 spiro atoms. The molecule has 1 amide bonds. The molecule has 0 atom stereocenters. The Labute approximate surface area is 179 Å². The van der Waals surface area contributed by atoms with Crippen LogP contribution in [0.1, 0.15) is 58.5 Å². The second-order valence-corrected chi connectivity index (χ2v) is 8.30. The van der Waals surface area contributed by atoms with Gasteiger partial charge in [0.25, 0.3) is 5.91 Å². The SMILES string of the molecule is Cc1ccc(N)cc1C(=O)N1CCC(C(=O)c2ccc(CC(C)C)cc2)CC1.Cl. The highest BCUT2D eigenvalue weighted by atomic mass is 35.5. The molecule has 5 heteroatoms. The zero-order valence-electron chi connectivity index (χ0n) is 17.5. The van der Waals surface area contributed by atoms with Gasteiger partial charge in [0.2, 0.25) is 0 Å². The van der Waals surface area contributed by atoms with Crippen molar-refractivity contribution in [2.24, 2.45) is 11.8 Å². The molecule has 156 valence electrons. The Bertz CT molecular complexity index is 854. The third kappa shape index (κ3) is 5.60. The van der Waals surface area contributed by atoms with E-state index >= 15 is 0 Å². The lowest BCUT2D eigenvalue weighted by molar-refractivity contribution is 0.0650. The number of amides is 1. The molecule has 0 radical (unpaired) electrons. The van der Waals surface area contributed by atoms with Crippen LogP contribution in [0.3, 0.4) is 0 Å². The van der Waals surface area contributed by atoms with Gasteiger partial charge in [-0.15, -0.1) is 12.4 Å². The fourth-order valence-electron chi connectivity index (χ4n) is 3.90. The number of benzene rings is 2. The summed E-state index contributed by atoms with van der Waals surface area (Å²) in [7, 11) is 0. The topological polar surface area (TPSA) is 63.4 Å². The van der Waals surface area contributed by atoms with Crippen LogP contribution in [0.5, 0.6) is 0 Å². The van der Waals surface area contributed by atoms with Gasteiger partial charge < -0.3 is 10.6 Å². The molecule has 1 saturated heterocycles. The van der Waals surface area contributed by atoms with E-state index in [0.717, 1.165) is 17.5 Å². The van der Waals surface area contributed by atoms with Crippen LogP contribution in [0.15, 0.2) is 42.5 Å². The highest BCUT2D eigenvalue weighted by Gasteiger charge is 2.29. The van der Waals surface area contributed by atoms with Gasteiger partial charge in [0.05, 0.1) is 0 Å². The fraction of sp³-hybridized carbons (Fsp3) is 0.417. The number of nitrogens with two attached hydrogens (primary N) is 1. The van der Waals surface area contributed by atoms with Crippen LogP contribution in [0, 0.1) is 18.8 Å². The summed E-state index contributed by atoms with van der Waals surface area (Å²) in [6.07, 6.45) is 2.44. The number of piperidine rings is 1. The zero-order valence-corrected chi connectivity index (χ0v) is 18.3. The Kier molecular flexibility index (Phi) is 7.86. The van der Waals surface area contributed by atoms with Gasteiger partial charge in [0.15, 0.2) is 5.78 Å². The first-order valence-corrected chi connectivity index (χ1v) is 10.1. The number of carbonyl (C=O) groups excluding carboxylic acids is 2. The summed E-state index contributed by atoms with van der Waals surface area (Å²) in [5, 5.41) is 0. The molecule has 1 aliphatic heterocycles. The van der Waals surface area contributed by atoms with Gasteiger partial charge in [0, 0.05) is 35.8 Å². The molecule has 3 rings (SSSR count). The molecule has 0 aliphatic carbocycles. The molecular formula is C24H31ClN2O2. The molecule has 29 heavy (non-hydrogen) atoms. The number of halogens is 1. The van der Waals surface area contributed by atoms with Crippen molar-refractivity contribution in [2.45, 2.75) is 40.0 Å². The lowest BCUT2D eigenvalue weighted by atomic mass is 9.88. The summed E-state index contributed by atoms with van der Waals surface area (Å²) in [6, 6.07) is 13.5. The van der Waals surface area contributed by atoms with E-state index in [2.05, 4.69) is 26.0 Å².